The van der Waals surface area contributed by atoms with Crippen molar-refractivity contribution in [3.05, 3.63) is 64.7 Å². The minimum atomic E-state index is -5.12. The van der Waals surface area contributed by atoms with Gasteiger partial charge in [0.2, 0.25) is 0 Å². The number of hydrogen-bond donors (Lipinski definition) is 1. The smallest absolute Gasteiger partial charge is 0.430 e. The molecule has 1 atom stereocenters. The Hall–Kier alpha value is -2.78. The third kappa shape index (κ3) is 5.78. The van der Waals surface area contributed by atoms with Crippen molar-refractivity contribution in [3.8, 4) is 0 Å². The molecule has 0 radical (unpaired) electrons. The van der Waals surface area contributed by atoms with Gasteiger partial charge in [0.25, 0.3) is 11.5 Å². The van der Waals surface area contributed by atoms with Crippen molar-refractivity contribution in [2.24, 2.45) is 11.8 Å². The fourth-order valence-electron chi connectivity index (χ4n) is 5.56. The van der Waals surface area contributed by atoms with Gasteiger partial charge in [-0.3, -0.25) is 4.79 Å². The maximum absolute atomic E-state index is 13.9. The average molecular weight is 553 g/mol. The molecular weight excluding hydrogens is 521 g/mol. The first kappa shape index (κ1) is 28.2. The highest BCUT2D eigenvalue weighted by Crippen LogP contribution is 2.41. The zero-order valence-electron chi connectivity index (χ0n) is 21.2. The number of aliphatic hydroxyl groups is 1. The van der Waals surface area contributed by atoms with Crippen LogP contribution >= 0.6 is 11.6 Å². The minimum Gasteiger partial charge on any atom is -0.465 e. The lowest BCUT2D eigenvalue weighted by Crippen LogP contribution is -2.57. The molecule has 2 aliphatic rings. The van der Waals surface area contributed by atoms with Crippen molar-refractivity contribution >= 4 is 29.2 Å². The molecule has 2 saturated heterocycles. The summed E-state index contributed by atoms with van der Waals surface area (Å²) in [6.07, 6.45) is -1.01. The number of ether oxygens (including phenoxy) is 1. The number of halogens is 4. The molecule has 2 heterocycles. The van der Waals surface area contributed by atoms with E-state index in [9.17, 15) is 27.9 Å². The highest BCUT2D eigenvalue weighted by atomic mass is 35.5. The predicted octanol–water partition coefficient (Wildman–Crippen LogP) is 5.42. The summed E-state index contributed by atoms with van der Waals surface area (Å²) in [4.78, 5) is 28.1. The third-order valence-electron chi connectivity index (χ3n) is 7.82. The van der Waals surface area contributed by atoms with Crippen LogP contribution in [0.2, 0.25) is 5.02 Å². The molecule has 0 bridgehead atoms. The Morgan fingerprint density at radius 3 is 2.08 bits per heavy atom. The van der Waals surface area contributed by atoms with E-state index in [1.807, 2.05) is 6.07 Å². The van der Waals surface area contributed by atoms with Crippen LogP contribution in [0.5, 0.6) is 0 Å². The number of benzene rings is 2. The summed E-state index contributed by atoms with van der Waals surface area (Å²) in [5.41, 5.74) is -2.74. The summed E-state index contributed by atoms with van der Waals surface area (Å²) >= 11 is 6.27. The number of rotatable bonds is 6. The molecule has 2 fully saturated rings. The normalized spacial score (nSPS) is 19.2. The van der Waals surface area contributed by atoms with Crippen LogP contribution in [0.15, 0.2) is 48.5 Å². The molecule has 0 aliphatic carbocycles. The van der Waals surface area contributed by atoms with Crippen LogP contribution in [0.1, 0.15) is 48.0 Å². The SMILES string of the molecule is COC(=O)c1ccc(N2CCC(CC3CCN(C(=O)[C@](O)(c4ccccc4)C(F)(F)F)CC3)CC2)cc1Cl. The van der Waals surface area contributed by atoms with Gasteiger partial charge >= 0.3 is 12.1 Å². The monoisotopic (exact) mass is 552 g/mol. The Morgan fingerprint density at radius 2 is 1.55 bits per heavy atom. The van der Waals surface area contributed by atoms with Crippen LogP contribution in [-0.2, 0) is 15.1 Å². The number of methoxy groups -OCH3 is 1. The van der Waals surface area contributed by atoms with Gasteiger partial charge in [-0.1, -0.05) is 41.9 Å². The third-order valence-corrected chi connectivity index (χ3v) is 8.13. The van der Waals surface area contributed by atoms with Crippen LogP contribution in [0.25, 0.3) is 0 Å². The van der Waals surface area contributed by atoms with Gasteiger partial charge in [0.05, 0.1) is 17.7 Å². The minimum absolute atomic E-state index is 0.193. The van der Waals surface area contributed by atoms with E-state index in [2.05, 4.69) is 4.90 Å². The van der Waals surface area contributed by atoms with E-state index < -0.39 is 29.2 Å². The van der Waals surface area contributed by atoms with Crippen LogP contribution in [0.4, 0.5) is 18.9 Å². The quantitative estimate of drug-likeness (QED) is 0.485. The molecule has 0 aromatic heterocycles. The van der Waals surface area contributed by atoms with Gasteiger partial charge < -0.3 is 19.6 Å². The summed E-state index contributed by atoms with van der Waals surface area (Å²) in [5.74, 6) is -0.976. The highest BCUT2D eigenvalue weighted by Gasteiger charge is 2.62. The molecule has 1 N–H and O–H groups in total. The van der Waals surface area contributed by atoms with Crippen LogP contribution in [0, 0.1) is 11.8 Å². The maximum atomic E-state index is 13.9. The number of carbonyl (C=O) groups is 2. The second-order valence-corrected chi connectivity index (χ2v) is 10.5. The standard InChI is InChI=1S/C28H32ClF3N2O4/c1-38-25(35)23-8-7-22(18-24(23)29)33-13-9-19(10-14-33)17-20-11-15-34(16-12-20)26(36)27(37,28(30,31)32)21-5-3-2-4-6-21/h2-8,18-20,37H,9-17H2,1H3/t27-/m1/s1. The second-order valence-electron chi connectivity index (χ2n) is 10.1. The van der Waals surface area contributed by atoms with Crippen LogP contribution in [-0.4, -0.2) is 61.3 Å². The number of piperidine rings is 2. The van der Waals surface area contributed by atoms with E-state index in [0.717, 1.165) is 55.1 Å². The summed E-state index contributed by atoms with van der Waals surface area (Å²) in [6.45, 7) is 2.06. The van der Waals surface area contributed by atoms with Crippen molar-refractivity contribution in [1.82, 2.24) is 4.90 Å². The number of amides is 1. The molecule has 0 unspecified atom stereocenters. The van der Waals surface area contributed by atoms with Gasteiger partial charge in [-0.2, -0.15) is 13.2 Å². The lowest BCUT2D eigenvalue weighted by Gasteiger charge is -2.40. The van der Waals surface area contributed by atoms with Crippen molar-refractivity contribution in [3.63, 3.8) is 0 Å². The number of hydrogen-bond acceptors (Lipinski definition) is 5. The van der Waals surface area contributed by atoms with E-state index in [-0.39, 0.29) is 13.1 Å². The van der Waals surface area contributed by atoms with Gasteiger partial charge in [-0.15, -0.1) is 0 Å². The van der Waals surface area contributed by atoms with E-state index >= 15 is 0 Å². The first-order valence-corrected chi connectivity index (χ1v) is 13.2. The van der Waals surface area contributed by atoms with Crippen molar-refractivity contribution in [1.29, 1.82) is 0 Å². The predicted molar refractivity (Wildman–Crippen MR) is 138 cm³/mol. The summed E-state index contributed by atoms with van der Waals surface area (Å²) < 4.78 is 46.4. The van der Waals surface area contributed by atoms with Crippen molar-refractivity contribution < 1.29 is 32.6 Å². The molecule has 2 aromatic rings. The first-order chi connectivity index (χ1) is 18.0. The highest BCUT2D eigenvalue weighted by molar-refractivity contribution is 6.33. The molecule has 1 amide bonds. The first-order valence-electron chi connectivity index (χ1n) is 12.8. The van der Waals surface area contributed by atoms with Gasteiger partial charge in [-0.05, 0) is 62.1 Å². The van der Waals surface area contributed by atoms with Crippen LogP contribution in [0.3, 0.4) is 0 Å². The largest absolute Gasteiger partial charge is 0.465 e. The van der Waals surface area contributed by atoms with Crippen LogP contribution < -0.4 is 4.90 Å². The molecule has 38 heavy (non-hydrogen) atoms. The zero-order valence-corrected chi connectivity index (χ0v) is 22.0. The molecular formula is C28H32ClF3N2O4. The molecule has 2 aromatic carbocycles. The number of likely N-dealkylation sites (tertiary alicyclic amines) is 1. The van der Waals surface area contributed by atoms with Gasteiger partial charge in [-0.25, -0.2) is 4.79 Å². The van der Waals surface area contributed by atoms with Gasteiger partial charge in [0.15, 0.2) is 0 Å². The van der Waals surface area contributed by atoms with Crippen molar-refractivity contribution in [2.75, 3.05) is 38.2 Å². The zero-order chi connectivity index (χ0) is 27.5. The number of nitrogens with zero attached hydrogens (tertiary/aromatic N) is 2. The van der Waals surface area contributed by atoms with E-state index in [0.29, 0.717) is 35.3 Å². The number of alkyl halides is 3. The molecule has 206 valence electrons. The average Bonchev–Trinajstić information content (AvgIpc) is 2.92. The van der Waals surface area contributed by atoms with Gasteiger partial charge in [0, 0.05) is 37.4 Å². The Morgan fingerprint density at radius 1 is 0.974 bits per heavy atom. The molecule has 10 heteroatoms. The fraction of sp³-hybridized carbons (Fsp3) is 0.500. The Bertz CT molecular complexity index is 1130. The lowest BCUT2D eigenvalue weighted by molar-refractivity contribution is -0.262. The fourth-order valence-corrected chi connectivity index (χ4v) is 5.81. The second kappa shape index (κ2) is 11.5. The summed E-state index contributed by atoms with van der Waals surface area (Å²) in [7, 11) is 1.31. The molecule has 2 aliphatic heterocycles. The molecule has 4 rings (SSSR count). The number of esters is 1. The topological polar surface area (TPSA) is 70.1 Å². The lowest BCUT2D eigenvalue weighted by atomic mass is 9.82. The molecule has 6 nitrogen and oxygen atoms in total. The number of anilines is 1. The van der Waals surface area contributed by atoms with E-state index in [1.54, 1.807) is 12.1 Å². The summed E-state index contributed by atoms with van der Waals surface area (Å²) in [6, 6.07) is 11.9. The van der Waals surface area contributed by atoms with E-state index in [4.69, 9.17) is 16.3 Å². The van der Waals surface area contributed by atoms with E-state index in [1.165, 1.54) is 25.3 Å². The Balaban J connectivity index is 1.29. The van der Waals surface area contributed by atoms with Crippen molar-refractivity contribution in [2.45, 2.75) is 43.9 Å². The van der Waals surface area contributed by atoms with Gasteiger partial charge in [0.1, 0.15) is 0 Å². The number of carbonyl (C=O) groups excluding carboxylic acids is 2. The summed E-state index contributed by atoms with van der Waals surface area (Å²) in [5, 5.41) is 11.0. The maximum Gasteiger partial charge on any atom is 0.430 e. The Labute approximate surface area is 225 Å². The Kier molecular flexibility index (Phi) is 8.57. The molecule has 0 spiro atoms. The molecule has 0 saturated carbocycles.